The van der Waals surface area contributed by atoms with Crippen LogP contribution in [0, 0.1) is 0 Å². The molecule has 0 atom stereocenters. The number of nitrogens with two attached hydrogens (primary N) is 1. The van der Waals surface area contributed by atoms with Crippen LogP contribution in [0.3, 0.4) is 0 Å². The number of allylic oxidation sites excluding steroid dienone is 2. The molecule has 4 heteroatoms. The summed E-state index contributed by atoms with van der Waals surface area (Å²) in [5, 5.41) is 2.58. The summed E-state index contributed by atoms with van der Waals surface area (Å²) in [5.74, 6) is 0.468. The van der Waals surface area contributed by atoms with Crippen molar-refractivity contribution in [3.8, 4) is 0 Å². The molecule has 13 heavy (non-hydrogen) atoms. The first-order chi connectivity index (χ1) is 6.11. The first-order valence-electron chi connectivity index (χ1n) is 4.01. The van der Waals surface area contributed by atoms with Crippen molar-refractivity contribution in [3.05, 3.63) is 23.6 Å². The van der Waals surface area contributed by atoms with Crippen LogP contribution in [0.2, 0.25) is 0 Å². The number of carbonyl (C=O) groups is 1. The summed E-state index contributed by atoms with van der Waals surface area (Å²) >= 11 is 0. The largest absolute Gasteiger partial charge is 0.495 e. The zero-order valence-electron chi connectivity index (χ0n) is 8.26. The van der Waals surface area contributed by atoms with Gasteiger partial charge in [0.1, 0.15) is 5.76 Å². The summed E-state index contributed by atoms with van der Waals surface area (Å²) in [4.78, 5) is 10.6. The Kier molecular flexibility index (Phi) is 5.43. The fraction of sp³-hybridized carbons (Fsp3) is 0.444. The van der Waals surface area contributed by atoms with Crippen LogP contribution in [-0.4, -0.2) is 19.6 Å². The molecule has 3 N–H and O–H groups in total. The number of hydrogen-bond acceptors (Lipinski definition) is 3. The summed E-state index contributed by atoms with van der Waals surface area (Å²) in [6.07, 6.45) is 3.57. The van der Waals surface area contributed by atoms with Crippen molar-refractivity contribution in [2.24, 2.45) is 5.73 Å². The molecule has 0 aromatic heterocycles. The first-order valence-corrected chi connectivity index (χ1v) is 4.01. The van der Waals surface area contributed by atoms with Gasteiger partial charge in [-0.15, -0.1) is 0 Å². The summed E-state index contributed by atoms with van der Waals surface area (Å²) in [5.41, 5.74) is 6.16. The highest BCUT2D eigenvalue weighted by molar-refractivity contribution is 5.73. The summed E-state index contributed by atoms with van der Waals surface area (Å²) < 4.78 is 5.00. The quantitative estimate of drug-likeness (QED) is 0.494. The molecule has 0 saturated heterocycles. The minimum Gasteiger partial charge on any atom is -0.495 e. The van der Waals surface area contributed by atoms with E-state index < -0.39 is 0 Å². The van der Waals surface area contributed by atoms with Crippen molar-refractivity contribution in [1.29, 1.82) is 0 Å². The van der Waals surface area contributed by atoms with E-state index >= 15 is 0 Å². The van der Waals surface area contributed by atoms with Crippen LogP contribution in [0.1, 0.15) is 13.8 Å². The van der Waals surface area contributed by atoms with Crippen molar-refractivity contribution in [1.82, 2.24) is 5.32 Å². The van der Waals surface area contributed by atoms with Gasteiger partial charge in [0.2, 0.25) is 5.91 Å². The van der Waals surface area contributed by atoms with E-state index in [1.807, 2.05) is 13.0 Å². The second-order valence-corrected chi connectivity index (χ2v) is 2.50. The molecular weight excluding hydrogens is 168 g/mol. The lowest BCUT2D eigenvalue weighted by Gasteiger charge is -2.07. The van der Waals surface area contributed by atoms with Gasteiger partial charge in [0.25, 0.3) is 0 Å². The van der Waals surface area contributed by atoms with E-state index in [2.05, 4.69) is 5.32 Å². The average molecular weight is 184 g/mol. The summed E-state index contributed by atoms with van der Waals surface area (Å²) in [6.45, 7) is 3.61. The van der Waals surface area contributed by atoms with Crippen LogP contribution in [0.5, 0.6) is 0 Å². The molecule has 0 unspecified atom stereocenters. The van der Waals surface area contributed by atoms with Gasteiger partial charge in [-0.2, -0.15) is 0 Å². The monoisotopic (exact) mass is 184 g/mol. The van der Waals surface area contributed by atoms with E-state index in [4.69, 9.17) is 10.5 Å². The van der Waals surface area contributed by atoms with Crippen molar-refractivity contribution in [2.45, 2.75) is 13.8 Å². The predicted octanol–water partition coefficient (Wildman–Crippen LogP) is 0.515. The second-order valence-electron chi connectivity index (χ2n) is 2.50. The van der Waals surface area contributed by atoms with Crippen LogP contribution < -0.4 is 11.1 Å². The van der Waals surface area contributed by atoms with Crippen LogP contribution >= 0.6 is 0 Å². The molecule has 0 aliphatic heterocycles. The SMILES string of the molecule is C/C=C\C(OC)=C(\N)CNC(C)=O. The molecule has 0 rings (SSSR count). The molecule has 0 aliphatic rings. The van der Waals surface area contributed by atoms with E-state index in [0.29, 0.717) is 18.0 Å². The third kappa shape index (κ3) is 4.90. The van der Waals surface area contributed by atoms with Gasteiger partial charge >= 0.3 is 0 Å². The Balaban J connectivity index is 4.29. The normalized spacial score (nSPS) is 12.5. The van der Waals surface area contributed by atoms with E-state index in [-0.39, 0.29) is 5.91 Å². The van der Waals surface area contributed by atoms with Gasteiger partial charge in [0.15, 0.2) is 0 Å². The Morgan fingerprint density at radius 1 is 1.62 bits per heavy atom. The first kappa shape index (κ1) is 11.6. The van der Waals surface area contributed by atoms with Gasteiger partial charge in [0.05, 0.1) is 19.4 Å². The lowest BCUT2D eigenvalue weighted by Crippen LogP contribution is -2.26. The Labute approximate surface area is 78.4 Å². The summed E-state index contributed by atoms with van der Waals surface area (Å²) in [6, 6.07) is 0. The van der Waals surface area contributed by atoms with E-state index in [1.165, 1.54) is 14.0 Å². The standard InChI is InChI=1S/C9H16N2O2/c1-4-5-9(13-3)8(10)6-11-7(2)12/h4-5H,6,10H2,1-3H3,(H,11,12)/b5-4-,9-8-. The van der Waals surface area contributed by atoms with Crippen LogP contribution in [-0.2, 0) is 9.53 Å². The molecule has 0 fully saturated rings. The Morgan fingerprint density at radius 3 is 2.62 bits per heavy atom. The fourth-order valence-electron chi connectivity index (χ4n) is 0.764. The van der Waals surface area contributed by atoms with Crippen molar-refractivity contribution in [2.75, 3.05) is 13.7 Å². The topological polar surface area (TPSA) is 64.3 Å². The Morgan fingerprint density at radius 2 is 2.23 bits per heavy atom. The van der Waals surface area contributed by atoms with Crippen molar-refractivity contribution in [3.63, 3.8) is 0 Å². The van der Waals surface area contributed by atoms with Gasteiger partial charge in [-0.05, 0) is 13.0 Å². The molecule has 0 heterocycles. The van der Waals surface area contributed by atoms with E-state index in [0.717, 1.165) is 0 Å². The highest BCUT2D eigenvalue weighted by atomic mass is 16.5. The highest BCUT2D eigenvalue weighted by Crippen LogP contribution is 2.00. The average Bonchev–Trinajstić information content (AvgIpc) is 2.10. The molecule has 0 aromatic rings. The molecule has 74 valence electrons. The van der Waals surface area contributed by atoms with Gasteiger partial charge in [0, 0.05) is 6.92 Å². The molecule has 4 nitrogen and oxygen atoms in total. The lowest BCUT2D eigenvalue weighted by molar-refractivity contribution is -0.118. The fourth-order valence-corrected chi connectivity index (χ4v) is 0.764. The highest BCUT2D eigenvalue weighted by Gasteiger charge is 2.00. The van der Waals surface area contributed by atoms with Gasteiger partial charge in [-0.3, -0.25) is 4.79 Å². The molecule has 0 aliphatic carbocycles. The minimum atomic E-state index is -0.112. The summed E-state index contributed by atoms with van der Waals surface area (Å²) in [7, 11) is 1.54. The number of nitrogens with one attached hydrogen (secondary N) is 1. The number of amides is 1. The molecule has 1 amide bonds. The van der Waals surface area contributed by atoms with Crippen LogP contribution in [0.15, 0.2) is 23.6 Å². The molecular formula is C9H16N2O2. The van der Waals surface area contributed by atoms with Crippen LogP contribution in [0.25, 0.3) is 0 Å². The maximum atomic E-state index is 10.6. The second kappa shape index (κ2) is 6.11. The van der Waals surface area contributed by atoms with Crippen LogP contribution in [0.4, 0.5) is 0 Å². The molecule has 0 spiro atoms. The maximum absolute atomic E-state index is 10.6. The number of rotatable bonds is 4. The zero-order valence-corrected chi connectivity index (χ0v) is 8.26. The van der Waals surface area contributed by atoms with Gasteiger partial charge < -0.3 is 15.8 Å². The predicted molar refractivity (Wildman–Crippen MR) is 51.7 cm³/mol. The van der Waals surface area contributed by atoms with E-state index in [9.17, 15) is 4.79 Å². The lowest BCUT2D eigenvalue weighted by atomic mass is 10.3. The Hall–Kier alpha value is -1.45. The molecule has 0 saturated carbocycles. The molecule has 0 aromatic carbocycles. The van der Waals surface area contributed by atoms with Gasteiger partial charge in [-0.25, -0.2) is 0 Å². The van der Waals surface area contributed by atoms with Crippen molar-refractivity contribution < 1.29 is 9.53 Å². The molecule has 0 bridgehead atoms. The number of carbonyl (C=O) groups excluding carboxylic acids is 1. The maximum Gasteiger partial charge on any atom is 0.217 e. The van der Waals surface area contributed by atoms with E-state index in [1.54, 1.807) is 6.08 Å². The third-order valence-electron chi connectivity index (χ3n) is 1.38. The number of hydrogen-bond donors (Lipinski definition) is 2. The third-order valence-corrected chi connectivity index (χ3v) is 1.38. The number of ether oxygens (including phenoxy) is 1. The minimum absolute atomic E-state index is 0.112. The van der Waals surface area contributed by atoms with Gasteiger partial charge in [-0.1, -0.05) is 6.08 Å². The zero-order chi connectivity index (χ0) is 10.3. The van der Waals surface area contributed by atoms with Crippen molar-refractivity contribution >= 4 is 5.91 Å². The number of methoxy groups -OCH3 is 1. The molecule has 0 radical (unpaired) electrons. The smallest absolute Gasteiger partial charge is 0.217 e. The Bertz CT molecular complexity index is 232.